The lowest BCUT2D eigenvalue weighted by Gasteiger charge is -2.42. The van der Waals surface area contributed by atoms with Crippen LogP contribution in [0.2, 0.25) is 0 Å². The molecule has 3 rings (SSSR count). The van der Waals surface area contributed by atoms with Crippen LogP contribution >= 0.6 is 0 Å². The van der Waals surface area contributed by atoms with Crippen molar-refractivity contribution in [2.45, 2.75) is 45.1 Å². The lowest BCUT2D eigenvalue weighted by atomic mass is 9.90. The lowest BCUT2D eigenvalue weighted by molar-refractivity contribution is -0.0964. The quantitative estimate of drug-likeness (QED) is 0.920. The van der Waals surface area contributed by atoms with Gasteiger partial charge in [-0.3, -0.25) is 9.58 Å². The van der Waals surface area contributed by atoms with Crippen molar-refractivity contribution < 1.29 is 9.84 Å². The molecule has 1 aliphatic rings. The zero-order valence-electron chi connectivity index (χ0n) is 13.9. The second-order valence-electron chi connectivity index (χ2n) is 6.47. The highest BCUT2D eigenvalue weighted by molar-refractivity contribution is 5.22. The highest BCUT2D eigenvalue weighted by atomic mass is 16.5. The van der Waals surface area contributed by atoms with E-state index in [0.717, 1.165) is 25.4 Å². The topological polar surface area (TPSA) is 50.5 Å². The van der Waals surface area contributed by atoms with Crippen LogP contribution in [0.15, 0.2) is 42.7 Å². The smallest absolute Gasteiger partial charge is 0.140 e. The van der Waals surface area contributed by atoms with Crippen molar-refractivity contribution in [1.82, 2.24) is 14.7 Å². The molecule has 5 nitrogen and oxygen atoms in total. The van der Waals surface area contributed by atoms with Crippen LogP contribution in [0.25, 0.3) is 0 Å². The normalized spacial score (nSPS) is 25.4. The van der Waals surface area contributed by atoms with Crippen molar-refractivity contribution >= 4 is 0 Å². The van der Waals surface area contributed by atoms with Crippen molar-refractivity contribution in [3.63, 3.8) is 0 Å². The zero-order chi connectivity index (χ0) is 16.3. The molecule has 2 heterocycles. The first kappa shape index (κ1) is 16.0. The molecule has 0 unspecified atom stereocenters. The van der Waals surface area contributed by atoms with E-state index in [2.05, 4.69) is 23.1 Å². The summed E-state index contributed by atoms with van der Waals surface area (Å²) in [6.45, 7) is 7.24. The van der Waals surface area contributed by atoms with Crippen molar-refractivity contribution in [1.29, 1.82) is 0 Å². The molecule has 124 valence electrons. The highest BCUT2D eigenvalue weighted by Gasteiger charge is 2.39. The van der Waals surface area contributed by atoms with Gasteiger partial charge in [-0.15, -0.1) is 0 Å². The van der Waals surface area contributed by atoms with Crippen LogP contribution in [0, 0.1) is 0 Å². The van der Waals surface area contributed by atoms with Crippen molar-refractivity contribution in [2.24, 2.45) is 0 Å². The minimum absolute atomic E-state index is 0.236. The fourth-order valence-electron chi connectivity index (χ4n) is 2.96. The molecule has 2 aromatic rings. The van der Waals surface area contributed by atoms with Gasteiger partial charge in [0.1, 0.15) is 17.5 Å². The van der Waals surface area contributed by atoms with Crippen LogP contribution in [-0.4, -0.2) is 44.6 Å². The van der Waals surface area contributed by atoms with Crippen LogP contribution < -0.4 is 4.74 Å². The number of likely N-dealkylation sites (tertiary alicyclic amines) is 1. The fraction of sp³-hybridized carbons (Fsp3) is 0.500. The number of benzene rings is 1. The Kier molecular flexibility index (Phi) is 4.68. The summed E-state index contributed by atoms with van der Waals surface area (Å²) in [6, 6.07) is 9.72. The third kappa shape index (κ3) is 3.92. The van der Waals surface area contributed by atoms with Crippen molar-refractivity contribution in [3.8, 4) is 5.75 Å². The van der Waals surface area contributed by atoms with Gasteiger partial charge in [0.25, 0.3) is 0 Å². The number of rotatable bonds is 5. The summed E-state index contributed by atoms with van der Waals surface area (Å²) in [5.74, 6) is 0.804. The molecule has 23 heavy (non-hydrogen) atoms. The number of piperidine rings is 1. The third-order valence-electron chi connectivity index (χ3n) is 4.49. The maximum absolute atomic E-state index is 10.7. The van der Waals surface area contributed by atoms with Crippen LogP contribution in [0.5, 0.6) is 5.75 Å². The Balaban J connectivity index is 1.66. The third-order valence-corrected chi connectivity index (χ3v) is 4.49. The predicted octanol–water partition coefficient (Wildman–Crippen LogP) is 2.31. The standard InChI is InChI=1S/C18H25N3O2/c1-3-21-13-15(11-19-21)12-20-10-9-18(2,22)17(14-20)23-16-7-5-4-6-8-16/h4-8,11,13,17,22H,3,9-10,12,14H2,1-2H3/t17-,18-/m1/s1. The summed E-state index contributed by atoms with van der Waals surface area (Å²) < 4.78 is 7.99. The summed E-state index contributed by atoms with van der Waals surface area (Å²) in [5.41, 5.74) is 0.395. The Morgan fingerprint density at radius 3 is 2.83 bits per heavy atom. The Morgan fingerprint density at radius 1 is 1.35 bits per heavy atom. The minimum Gasteiger partial charge on any atom is -0.486 e. The Bertz CT molecular complexity index is 624. The van der Waals surface area contributed by atoms with Crippen LogP contribution in [0.1, 0.15) is 25.8 Å². The summed E-state index contributed by atoms with van der Waals surface area (Å²) in [4.78, 5) is 2.32. The molecule has 0 radical (unpaired) electrons. The van der Waals surface area contributed by atoms with Crippen molar-refractivity contribution in [2.75, 3.05) is 13.1 Å². The van der Waals surface area contributed by atoms with E-state index in [-0.39, 0.29) is 6.10 Å². The lowest BCUT2D eigenvalue weighted by Crippen LogP contribution is -2.56. The van der Waals surface area contributed by atoms with E-state index in [1.807, 2.05) is 48.1 Å². The van der Waals surface area contributed by atoms with Gasteiger partial charge in [0, 0.05) is 37.9 Å². The zero-order valence-corrected chi connectivity index (χ0v) is 13.9. The van der Waals surface area contributed by atoms with E-state index in [4.69, 9.17) is 4.74 Å². The molecule has 5 heteroatoms. The van der Waals surface area contributed by atoms with Gasteiger partial charge < -0.3 is 9.84 Å². The fourth-order valence-corrected chi connectivity index (χ4v) is 2.96. The summed E-state index contributed by atoms with van der Waals surface area (Å²) in [5, 5.41) is 15.0. The number of aliphatic hydroxyl groups is 1. The SMILES string of the molecule is CCn1cc(CN2CC[C@@](C)(O)[C@H](Oc3ccccc3)C2)cn1. The first-order valence-corrected chi connectivity index (χ1v) is 8.24. The second kappa shape index (κ2) is 6.72. The van der Waals surface area contributed by atoms with Gasteiger partial charge in [-0.2, -0.15) is 5.10 Å². The number of aromatic nitrogens is 2. The largest absolute Gasteiger partial charge is 0.486 e. The van der Waals surface area contributed by atoms with E-state index in [1.54, 1.807) is 0 Å². The number of hydrogen-bond donors (Lipinski definition) is 1. The molecule has 0 aliphatic carbocycles. The van der Waals surface area contributed by atoms with Crippen molar-refractivity contribution in [3.05, 3.63) is 48.3 Å². The average Bonchev–Trinajstić information content (AvgIpc) is 2.99. The molecule has 0 bridgehead atoms. The van der Waals surface area contributed by atoms with E-state index in [9.17, 15) is 5.11 Å². The molecule has 2 atom stereocenters. The second-order valence-corrected chi connectivity index (χ2v) is 6.47. The van der Waals surface area contributed by atoms with E-state index in [0.29, 0.717) is 13.0 Å². The van der Waals surface area contributed by atoms with Gasteiger partial charge in [-0.1, -0.05) is 18.2 Å². The minimum atomic E-state index is -0.806. The molecule has 1 aromatic carbocycles. The first-order chi connectivity index (χ1) is 11.1. The molecule has 1 N–H and O–H groups in total. The van der Waals surface area contributed by atoms with Gasteiger partial charge in [-0.25, -0.2) is 0 Å². The predicted molar refractivity (Wildman–Crippen MR) is 89.3 cm³/mol. The Hall–Kier alpha value is -1.85. The maximum atomic E-state index is 10.7. The summed E-state index contributed by atoms with van der Waals surface area (Å²) in [7, 11) is 0. The molecule has 1 saturated heterocycles. The highest BCUT2D eigenvalue weighted by Crippen LogP contribution is 2.27. The molecule has 1 aromatic heterocycles. The molecule has 0 spiro atoms. The number of aryl methyl sites for hydroxylation is 1. The number of ether oxygens (including phenoxy) is 1. The first-order valence-electron chi connectivity index (χ1n) is 8.24. The van der Waals surface area contributed by atoms with Gasteiger partial charge in [-0.05, 0) is 32.4 Å². The molecular weight excluding hydrogens is 290 g/mol. The Labute approximate surface area is 137 Å². The van der Waals surface area contributed by atoms with Gasteiger partial charge >= 0.3 is 0 Å². The number of hydrogen-bond acceptors (Lipinski definition) is 4. The summed E-state index contributed by atoms with van der Waals surface area (Å²) >= 11 is 0. The molecule has 1 aliphatic heterocycles. The summed E-state index contributed by atoms with van der Waals surface area (Å²) in [6.07, 6.45) is 4.47. The van der Waals surface area contributed by atoms with Crippen LogP contribution in [0.4, 0.5) is 0 Å². The number of nitrogens with zero attached hydrogens (tertiary/aromatic N) is 3. The van der Waals surface area contributed by atoms with E-state index >= 15 is 0 Å². The van der Waals surface area contributed by atoms with E-state index in [1.165, 1.54) is 5.56 Å². The molecule has 1 fully saturated rings. The molecule has 0 saturated carbocycles. The maximum Gasteiger partial charge on any atom is 0.140 e. The van der Waals surface area contributed by atoms with Crippen LogP contribution in [-0.2, 0) is 13.1 Å². The van der Waals surface area contributed by atoms with Gasteiger partial charge in [0.15, 0.2) is 0 Å². The number of para-hydroxylation sites is 1. The van der Waals surface area contributed by atoms with Gasteiger partial charge in [0.2, 0.25) is 0 Å². The molecular formula is C18H25N3O2. The van der Waals surface area contributed by atoms with Gasteiger partial charge in [0.05, 0.1) is 6.20 Å². The van der Waals surface area contributed by atoms with E-state index < -0.39 is 5.60 Å². The van der Waals surface area contributed by atoms with Crippen LogP contribution in [0.3, 0.4) is 0 Å². The average molecular weight is 315 g/mol. The molecule has 0 amide bonds. The monoisotopic (exact) mass is 315 g/mol. The Morgan fingerprint density at radius 2 is 2.13 bits per heavy atom.